The van der Waals surface area contributed by atoms with Crippen LogP contribution in [0.3, 0.4) is 0 Å². The number of ether oxygens (including phenoxy) is 1. The summed E-state index contributed by atoms with van der Waals surface area (Å²) in [6.07, 6.45) is 3.25. The van der Waals surface area contributed by atoms with Gasteiger partial charge >= 0.3 is 5.97 Å². The molecule has 4 aliphatic rings. The number of imide groups is 1. The highest BCUT2D eigenvalue weighted by atomic mass is 79.9. The lowest BCUT2D eigenvalue weighted by Crippen LogP contribution is -2.40. The van der Waals surface area contributed by atoms with Crippen LogP contribution in [0.4, 0.5) is 0 Å². The molecular weight excluding hydrogens is 546 g/mol. The van der Waals surface area contributed by atoms with E-state index < -0.39 is 41.5 Å². The first-order chi connectivity index (χ1) is 17.5. The van der Waals surface area contributed by atoms with Crippen LogP contribution >= 0.6 is 15.9 Å². The Bertz CT molecular complexity index is 1390. The topological polar surface area (TPSA) is 138 Å². The number of halogens is 1. The van der Waals surface area contributed by atoms with Crippen LogP contribution in [-0.2, 0) is 24.0 Å². The molecule has 0 spiro atoms. The summed E-state index contributed by atoms with van der Waals surface area (Å²) in [4.78, 5) is 65.3. The maximum Gasteiger partial charge on any atom is 0.305 e. The number of methoxy groups -OCH3 is 1. The van der Waals surface area contributed by atoms with Crippen LogP contribution in [0, 0.1) is 17.8 Å². The van der Waals surface area contributed by atoms with Gasteiger partial charge in [-0.3, -0.25) is 28.9 Å². The van der Waals surface area contributed by atoms with Gasteiger partial charge < -0.3 is 14.9 Å². The van der Waals surface area contributed by atoms with E-state index in [9.17, 15) is 29.1 Å². The molecule has 0 unspecified atom stereocenters. The van der Waals surface area contributed by atoms with Crippen molar-refractivity contribution < 1.29 is 38.9 Å². The molecule has 37 heavy (non-hydrogen) atoms. The molecule has 192 valence electrons. The molecular formula is C27H24BrNO8. The first kappa shape index (κ1) is 25.1. The number of aliphatic carboxylic acids is 1. The predicted octanol–water partition coefficient (Wildman–Crippen LogP) is 3.07. The molecule has 2 N–H and O–H groups in total. The molecule has 2 amide bonds. The van der Waals surface area contributed by atoms with E-state index in [1.54, 1.807) is 19.1 Å². The third-order valence-corrected chi connectivity index (χ3v) is 8.41. The molecule has 0 bridgehead atoms. The van der Waals surface area contributed by atoms with Crippen molar-refractivity contribution in [1.82, 2.24) is 4.90 Å². The van der Waals surface area contributed by atoms with Gasteiger partial charge in [-0.05, 0) is 65.4 Å². The number of benzene rings is 1. The Labute approximate surface area is 220 Å². The molecule has 1 aromatic carbocycles. The molecule has 1 heterocycles. The molecule has 4 atom stereocenters. The second kappa shape index (κ2) is 9.09. The van der Waals surface area contributed by atoms with E-state index in [2.05, 4.69) is 15.9 Å². The number of allylic oxidation sites excluding steroid dienone is 6. The van der Waals surface area contributed by atoms with E-state index in [1.807, 2.05) is 6.08 Å². The molecule has 10 heteroatoms. The summed E-state index contributed by atoms with van der Waals surface area (Å²) < 4.78 is 5.66. The number of aromatic hydroxyl groups is 1. The summed E-state index contributed by atoms with van der Waals surface area (Å²) in [6, 6.07) is 3.26. The van der Waals surface area contributed by atoms with Gasteiger partial charge in [0.05, 0.1) is 29.8 Å². The van der Waals surface area contributed by atoms with Crippen molar-refractivity contribution in [2.24, 2.45) is 17.8 Å². The number of hydrogen-bond donors (Lipinski definition) is 2. The van der Waals surface area contributed by atoms with Gasteiger partial charge in [-0.25, -0.2) is 0 Å². The number of phenolic OH excluding ortho intramolecular Hbond substituents is 1. The highest BCUT2D eigenvalue weighted by molar-refractivity contribution is 9.10. The van der Waals surface area contributed by atoms with Crippen molar-refractivity contribution in [3.8, 4) is 11.5 Å². The van der Waals surface area contributed by atoms with Gasteiger partial charge in [0.25, 0.3) is 0 Å². The second-order valence-electron chi connectivity index (χ2n) is 9.75. The van der Waals surface area contributed by atoms with Crippen molar-refractivity contribution >= 4 is 45.3 Å². The molecule has 1 aromatic rings. The quantitative estimate of drug-likeness (QED) is 0.313. The molecule has 1 fully saturated rings. The summed E-state index contributed by atoms with van der Waals surface area (Å²) in [5, 5.41) is 19.4. The number of carbonyl (C=O) groups excluding carboxylic acids is 4. The van der Waals surface area contributed by atoms with E-state index in [4.69, 9.17) is 9.84 Å². The zero-order valence-corrected chi connectivity index (χ0v) is 21.7. The number of amides is 2. The van der Waals surface area contributed by atoms with E-state index in [0.717, 1.165) is 10.5 Å². The lowest BCUT2D eigenvalue weighted by Gasteiger charge is -2.42. The summed E-state index contributed by atoms with van der Waals surface area (Å²) in [5.74, 6) is -5.06. The van der Waals surface area contributed by atoms with Gasteiger partial charge in [-0.1, -0.05) is 11.6 Å². The molecule has 1 aliphatic heterocycles. The Hall–Kier alpha value is -3.53. The highest BCUT2D eigenvalue weighted by Crippen LogP contribution is 2.56. The van der Waals surface area contributed by atoms with Crippen molar-refractivity contribution in [2.75, 3.05) is 13.7 Å². The van der Waals surface area contributed by atoms with Gasteiger partial charge in [-0.2, -0.15) is 0 Å². The van der Waals surface area contributed by atoms with E-state index in [1.165, 1.54) is 13.2 Å². The van der Waals surface area contributed by atoms with E-state index in [-0.39, 0.29) is 48.9 Å². The smallest absolute Gasteiger partial charge is 0.305 e. The Kier molecular flexibility index (Phi) is 6.18. The number of likely N-dealkylation sites (tertiary alicyclic amines) is 1. The van der Waals surface area contributed by atoms with Crippen LogP contribution in [0.5, 0.6) is 11.5 Å². The van der Waals surface area contributed by atoms with E-state index in [0.29, 0.717) is 26.8 Å². The van der Waals surface area contributed by atoms with Crippen molar-refractivity contribution in [1.29, 1.82) is 0 Å². The van der Waals surface area contributed by atoms with Crippen molar-refractivity contribution in [3.05, 3.63) is 56.6 Å². The lowest BCUT2D eigenvalue weighted by atomic mass is 9.59. The Balaban J connectivity index is 1.65. The molecule has 1 saturated heterocycles. The molecule has 5 rings (SSSR count). The number of phenols is 1. The Morgan fingerprint density at radius 3 is 2.57 bits per heavy atom. The fourth-order valence-electron chi connectivity index (χ4n) is 6.17. The molecule has 3 aliphatic carbocycles. The summed E-state index contributed by atoms with van der Waals surface area (Å²) in [6.45, 7) is 1.37. The van der Waals surface area contributed by atoms with Crippen LogP contribution in [-0.4, -0.2) is 58.1 Å². The third kappa shape index (κ3) is 3.85. The fraction of sp³-hybridized carbons (Fsp3) is 0.370. The number of rotatable bonds is 5. The fourth-order valence-corrected chi connectivity index (χ4v) is 6.63. The Morgan fingerprint density at radius 1 is 1.16 bits per heavy atom. The normalized spacial score (nSPS) is 26.9. The maximum absolute atomic E-state index is 13.5. The van der Waals surface area contributed by atoms with Gasteiger partial charge in [0, 0.05) is 29.2 Å². The maximum atomic E-state index is 13.5. The minimum Gasteiger partial charge on any atom is -0.503 e. The van der Waals surface area contributed by atoms with Crippen LogP contribution in [0.25, 0.3) is 0 Å². The zero-order chi connectivity index (χ0) is 26.8. The number of carboxylic acid groups (broad SMARTS) is 1. The lowest BCUT2D eigenvalue weighted by molar-refractivity contribution is -0.142. The summed E-state index contributed by atoms with van der Waals surface area (Å²) in [5.41, 5.74) is 2.32. The Morgan fingerprint density at radius 2 is 1.89 bits per heavy atom. The van der Waals surface area contributed by atoms with Crippen molar-refractivity contribution in [3.63, 3.8) is 0 Å². The van der Waals surface area contributed by atoms with Gasteiger partial charge in [-0.15, -0.1) is 0 Å². The van der Waals surface area contributed by atoms with Crippen molar-refractivity contribution in [2.45, 2.75) is 32.1 Å². The predicted molar refractivity (Wildman–Crippen MR) is 133 cm³/mol. The number of ketones is 2. The monoisotopic (exact) mass is 569 g/mol. The van der Waals surface area contributed by atoms with Gasteiger partial charge in [0.15, 0.2) is 23.1 Å². The first-order valence-corrected chi connectivity index (χ1v) is 12.7. The third-order valence-electron chi connectivity index (χ3n) is 7.81. The number of carbonyl (C=O) groups is 5. The number of hydrogen-bond acceptors (Lipinski definition) is 7. The SMILES string of the molecule is COc1cc([C@H]2C3=CC[C@@H]4C(=O)N(CCC(=O)O)C(=O)[C@@H]4[C@@H]3CC3=C2C(=O)C=C(C)C3=O)cc(Br)c1O. The zero-order valence-electron chi connectivity index (χ0n) is 20.1. The first-order valence-electron chi connectivity index (χ1n) is 11.9. The average molecular weight is 570 g/mol. The van der Waals surface area contributed by atoms with E-state index >= 15 is 0 Å². The van der Waals surface area contributed by atoms with Crippen LogP contribution in [0.15, 0.2) is 51.0 Å². The second-order valence-corrected chi connectivity index (χ2v) is 10.6. The molecule has 0 radical (unpaired) electrons. The minimum atomic E-state index is -1.11. The van der Waals surface area contributed by atoms with Crippen LogP contribution < -0.4 is 4.74 Å². The highest BCUT2D eigenvalue weighted by Gasteiger charge is 2.56. The average Bonchev–Trinajstić information content (AvgIpc) is 3.10. The molecule has 9 nitrogen and oxygen atoms in total. The summed E-state index contributed by atoms with van der Waals surface area (Å²) in [7, 11) is 1.40. The van der Waals surface area contributed by atoms with Gasteiger partial charge in [0.1, 0.15) is 0 Å². The summed E-state index contributed by atoms with van der Waals surface area (Å²) >= 11 is 3.33. The van der Waals surface area contributed by atoms with Gasteiger partial charge in [0.2, 0.25) is 11.8 Å². The molecule has 0 saturated carbocycles. The number of fused-ring (bicyclic) bond motifs is 3. The van der Waals surface area contributed by atoms with Crippen LogP contribution in [0.2, 0.25) is 0 Å². The minimum absolute atomic E-state index is 0.113. The van der Waals surface area contributed by atoms with Crippen LogP contribution in [0.1, 0.15) is 37.7 Å². The largest absolute Gasteiger partial charge is 0.503 e. The standard InChI is InChI=1S/C27H24BrNO8/c1-11-7-18(30)23-16(24(11)33)10-15-13(21(23)12-8-17(28)25(34)19(9-12)37-2)3-4-14-22(15)27(36)29(26(14)35)6-5-20(31)32/h3,7-9,14-15,21-22,34H,4-6,10H2,1-2H3,(H,31,32)/t14-,15+,21-,22-/m0/s1. The number of Topliss-reactive ketones (excluding diaryl/α,β-unsaturated/α-hetero) is 1. The number of nitrogens with zero attached hydrogens (tertiary/aromatic N) is 1. The molecule has 0 aromatic heterocycles. The number of carboxylic acids is 1.